The van der Waals surface area contributed by atoms with Crippen LogP contribution >= 0.6 is 0 Å². The first-order valence-electron chi connectivity index (χ1n) is 7.75. The molecule has 7 nitrogen and oxygen atoms in total. The molecule has 2 amide bonds. The average molecular weight is 336 g/mol. The molecule has 25 heavy (non-hydrogen) atoms. The quantitative estimate of drug-likeness (QED) is 0.919. The van der Waals surface area contributed by atoms with E-state index in [4.69, 9.17) is 10.00 Å². The summed E-state index contributed by atoms with van der Waals surface area (Å²) in [7, 11) is 0. The van der Waals surface area contributed by atoms with Gasteiger partial charge in [-0.2, -0.15) is 5.26 Å². The van der Waals surface area contributed by atoms with Crippen LogP contribution in [0.5, 0.6) is 5.88 Å². The zero-order valence-corrected chi connectivity index (χ0v) is 13.6. The number of carbonyl (C=O) groups excluding carboxylic acids is 2. The molecule has 2 heterocycles. The van der Waals surface area contributed by atoms with Crippen LogP contribution in [0.25, 0.3) is 0 Å². The minimum atomic E-state index is -0.157. The van der Waals surface area contributed by atoms with Gasteiger partial charge in [0.15, 0.2) is 0 Å². The number of amides is 2. The van der Waals surface area contributed by atoms with Crippen molar-refractivity contribution in [1.82, 2.24) is 9.88 Å². The number of hydrogen-bond acceptors (Lipinski definition) is 5. The van der Waals surface area contributed by atoms with Gasteiger partial charge in [-0.3, -0.25) is 9.59 Å². The number of pyridine rings is 1. The van der Waals surface area contributed by atoms with Gasteiger partial charge in [-0.25, -0.2) is 4.98 Å². The van der Waals surface area contributed by atoms with Crippen molar-refractivity contribution in [1.29, 1.82) is 5.26 Å². The van der Waals surface area contributed by atoms with E-state index in [1.165, 1.54) is 13.1 Å². The number of aromatic nitrogens is 1. The van der Waals surface area contributed by atoms with E-state index >= 15 is 0 Å². The maximum absolute atomic E-state index is 12.4. The van der Waals surface area contributed by atoms with E-state index in [-0.39, 0.29) is 17.9 Å². The Bertz CT molecular complexity index is 836. The van der Waals surface area contributed by atoms with E-state index in [9.17, 15) is 9.59 Å². The highest BCUT2D eigenvalue weighted by molar-refractivity contribution is 5.96. The highest BCUT2D eigenvalue weighted by atomic mass is 16.5. The Labute approximate surface area is 144 Å². The summed E-state index contributed by atoms with van der Waals surface area (Å²) < 4.78 is 5.67. The van der Waals surface area contributed by atoms with Crippen LogP contribution in [-0.2, 0) is 4.79 Å². The summed E-state index contributed by atoms with van der Waals surface area (Å²) in [5.74, 6) is 0.139. The molecule has 0 saturated carbocycles. The van der Waals surface area contributed by atoms with Crippen LogP contribution in [0.4, 0.5) is 5.69 Å². The van der Waals surface area contributed by atoms with Crippen molar-refractivity contribution in [2.24, 2.45) is 0 Å². The molecule has 0 radical (unpaired) electrons. The number of rotatable bonds is 4. The van der Waals surface area contributed by atoms with E-state index in [0.29, 0.717) is 35.8 Å². The van der Waals surface area contributed by atoms with Crippen LogP contribution in [-0.4, -0.2) is 40.9 Å². The summed E-state index contributed by atoms with van der Waals surface area (Å²) >= 11 is 0. The van der Waals surface area contributed by atoms with Gasteiger partial charge < -0.3 is 15.0 Å². The SMILES string of the molecule is CC(=O)Nc1ccc(C(=O)N2CC(Oc3cc(C#N)ccn3)C2)cc1. The van der Waals surface area contributed by atoms with Crippen molar-refractivity contribution in [2.45, 2.75) is 13.0 Å². The molecule has 1 saturated heterocycles. The van der Waals surface area contributed by atoms with Gasteiger partial charge in [0.05, 0.1) is 24.7 Å². The van der Waals surface area contributed by atoms with Gasteiger partial charge in [-0.05, 0) is 30.3 Å². The molecule has 0 unspecified atom stereocenters. The second-order valence-corrected chi connectivity index (χ2v) is 5.70. The fraction of sp³-hybridized carbons (Fsp3) is 0.222. The molecule has 1 aliphatic heterocycles. The van der Waals surface area contributed by atoms with Crippen molar-refractivity contribution in [3.63, 3.8) is 0 Å². The molecule has 7 heteroatoms. The van der Waals surface area contributed by atoms with Crippen LogP contribution in [0, 0.1) is 11.3 Å². The number of benzene rings is 1. The Hall–Kier alpha value is -3.40. The Morgan fingerprint density at radius 2 is 2.00 bits per heavy atom. The van der Waals surface area contributed by atoms with Crippen molar-refractivity contribution in [3.05, 3.63) is 53.7 Å². The second-order valence-electron chi connectivity index (χ2n) is 5.70. The molecular formula is C18H16N4O3. The van der Waals surface area contributed by atoms with Gasteiger partial charge in [-0.1, -0.05) is 0 Å². The number of anilines is 1. The van der Waals surface area contributed by atoms with E-state index < -0.39 is 0 Å². The third kappa shape index (κ3) is 3.93. The van der Waals surface area contributed by atoms with Crippen LogP contribution in [0.15, 0.2) is 42.6 Å². The lowest BCUT2D eigenvalue weighted by Crippen LogP contribution is -2.56. The van der Waals surface area contributed by atoms with Crippen LogP contribution in [0.2, 0.25) is 0 Å². The molecule has 0 bridgehead atoms. The van der Waals surface area contributed by atoms with Crippen LogP contribution in [0.1, 0.15) is 22.8 Å². The summed E-state index contributed by atoms with van der Waals surface area (Å²) in [5.41, 5.74) is 1.69. The predicted octanol–water partition coefficient (Wildman–Crippen LogP) is 1.82. The predicted molar refractivity (Wildman–Crippen MR) is 90.0 cm³/mol. The smallest absolute Gasteiger partial charge is 0.254 e. The molecule has 1 aromatic carbocycles. The number of nitrogens with one attached hydrogen (secondary N) is 1. The number of nitriles is 1. The summed E-state index contributed by atoms with van der Waals surface area (Å²) in [5, 5.41) is 11.5. The molecule has 0 spiro atoms. The van der Waals surface area contributed by atoms with E-state index in [0.717, 1.165) is 0 Å². The van der Waals surface area contributed by atoms with Gasteiger partial charge in [0.25, 0.3) is 5.91 Å². The zero-order valence-electron chi connectivity index (χ0n) is 13.6. The summed E-state index contributed by atoms with van der Waals surface area (Å²) in [6.45, 7) is 2.36. The Kier molecular flexibility index (Phi) is 4.61. The fourth-order valence-corrected chi connectivity index (χ4v) is 2.47. The van der Waals surface area contributed by atoms with E-state index in [2.05, 4.69) is 10.3 Å². The second kappa shape index (κ2) is 7.01. The average Bonchev–Trinajstić information content (AvgIpc) is 2.57. The largest absolute Gasteiger partial charge is 0.471 e. The molecule has 1 N–H and O–H groups in total. The molecule has 2 aromatic rings. The lowest BCUT2D eigenvalue weighted by atomic mass is 10.1. The van der Waals surface area contributed by atoms with Gasteiger partial charge in [-0.15, -0.1) is 0 Å². The van der Waals surface area contributed by atoms with Gasteiger partial charge in [0.2, 0.25) is 11.8 Å². The topological polar surface area (TPSA) is 95.3 Å². The molecule has 1 aromatic heterocycles. The number of likely N-dealkylation sites (tertiary alicyclic amines) is 1. The van der Waals surface area contributed by atoms with Crippen molar-refractivity contribution in [3.8, 4) is 11.9 Å². The zero-order chi connectivity index (χ0) is 17.8. The van der Waals surface area contributed by atoms with E-state index in [1.54, 1.807) is 41.3 Å². The monoisotopic (exact) mass is 336 g/mol. The maximum Gasteiger partial charge on any atom is 0.254 e. The lowest BCUT2D eigenvalue weighted by molar-refractivity contribution is -0.114. The molecule has 1 aliphatic rings. The number of ether oxygens (including phenoxy) is 1. The molecule has 126 valence electrons. The maximum atomic E-state index is 12.4. The molecule has 0 aliphatic carbocycles. The highest BCUT2D eigenvalue weighted by Crippen LogP contribution is 2.20. The highest BCUT2D eigenvalue weighted by Gasteiger charge is 2.33. The third-order valence-electron chi connectivity index (χ3n) is 3.74. The Balaban J connectivity index is 1.54. The number of carbonyl (C=O) groups is 2. The lowest BCUT2D eigenvalue weighted by Gasteiger charge is -2.38. The fourth-order valence-electron chi connectivity index (χ4n) is 2.47. The van der Waals surface area contributed by atoms with E-state index in [1.807, 2.05) is 6.07 Å². The number of hydrogen-bond donors (Lipinski definition) is 1. The van der Waals surface area contributed by atoms with Gasteiger partial charge in [0, 0.05) is 30.4 Å². The normalized spacial score (nSPS) is 13.5. The van der Waals surface area contributed by atoms with Gasteiger partial charge in [0.1, 0.15) is 6.10 Å². The molecule has 1 fully saturated rings. The first-order valence-corrected chi connectivity index (χ1v) is 7.75. The van der Waals surface area contributed by atoms with Crippen molar-refractivity contribution >= 4 is 17.5 Å². The summed E-state index contributed by atoms with van der Waals surface area (Å²) in [4.78, 5) is 29.1. The van der Waals surface area contributed by atoms with Gasteiger partial charge >= 0.3 is 0 Å². The van der Waals surface area contributed by atoms with Crippen LogP contribution < -0.4 is 10.1 Å². The standard InChI is InChI=1S/C18H16N4O3/c1-12(23)21-15-4-2-14(3-5-15)18(24)22-10-16(11-22)25-17-8-13(9-19)6-7-20-17/h2-8,16H,10-11H2,1H3,(H,21,23). The van der Waals surface area contributed by atoms with Crippen molar-refractivity contribution < 1.29 is 14.3 Å². The third-order valence-corrected chi connectivity index (χ3v) is 3.74. The van der Waals surface area contributed by atoms with Crippen LogP contribution in [0.3, 0.4) is 0 Å². The van der Waals surface area contributed by atoms with Crippen molar-refractivity contribution in [2.75, 3.05) is 18.4 Å². The Morgan fingerprint density at radius 1 is 1.28 bits per heavy atom. The minimum Gasteiger partial charge on any atom is -0.471 e. The first kappa shape index (κ1) is 16.5. The first-order chi connectivity index (χ1) is 12.0. The molecule has 0 atom stereocenters. The Morgan fingerprint density at radius 3 is 2.64 bits per heavy atom. The summed E-state index contributed by atoms with van der Waals surface area (Å²) in [6.07, 6.45) is 1.38. The minimum absolute atomic E-state index is 0.0899. The molecule has 3 rings (SSSR count). The summed E-state index contributed by atoms with van der Waals surface area (Å²) in [6, 6.07) is 12.0. The number of nitrogens with zero attached hydrogens (tertiary/aromatic N) is 3. The molecular weight excluding hydrogens is 320 g/mol.